The number of hydrogen-bond acceptors (Lipinski definition) is 7. The molecule has 5 aliphatic rings. The summed E-state index contributed by atoms with van der Waals surface area (Å²) in [5.41, 5.74) is 16.2. The van der Waals surface area contributed by atoms with Gasteiger partial charge in [0.1, 0.15) is 5.31 Å². The number of anilines is 4. The molecule has 0 atom stereocenters. The van der Waals surface area contributed by atoms with Crippen LogP contribution in [0.5, 0.6) is 0 Å². The first-order valence-electron chi connectivity index (χ1n) is 33.9. The maximum atomic E-state index is 5.67. The number of rotatable bonds is 11. The molecule has 0 N–H and O–H groups in total. The molecule has 3 aliphatic carbocycles. The van der Waals surface area contributed by atoms with Gasteiger partial charge in [0, 0.05) is 86.1 Å². The number of aromatic nitrogens is 3. The molecule has 5 heterocycles. The summed E-state index contributed by atoms with van der Waals surface area (Å²) in [6, 6.07) is 74.3. The summed E-state index contributed by atoms with van der Waals surface area (Å²) < 4.78 is 1.92. The number of aryl methyl sites for hydroxylation is 4. The monoisotopic (exact) mass is 1380 g/mol. The van der Waals surface area contributed by atoms with Crippen molar-refractivity contribution >= 4 is 60.1 Å². The van der Waals surface area contributed by atoms with Crippen molar-refractivity contribution in [1.29, 1.82) is 0 Å². The fourth-order valence-corrected chi connectivity index (χ4v) is 24.2. The van der Waals surface area contributed by atoms with Crippen LogP contribution in [0.25, 0.3) is 6.08 Å². The summed E-state index contributed by atoms with van der Waals surface area (Å²) in [5, 5.41) is 1.88. The van der Waals surface area contributed by atoms with Crippen LogP contribution in [0.4, 0.5) is 22.7 Å². The van der Waals surface area contributed by atoms with Crippen LogP contribution in [0.1, 0.15) is 130 Å². The van der Waals surface area contributed by atoms with Gasteiger partial charge in [-0.05, 0) is 199 Å². The van der Waals surface area contributed by atoms with Crippen LogP contribution in [-0.2, 0) is 13.5 Å². The maximum absolute atomic E-state index is 5.67. The molecule has 0 unspecified atom stereocenters. The maximum Gasteiger partial charge on any atom is 0.0267 e. The summed E-state index contributed by atoms with van der Waals surface area (Å²) in [6.45, 7) is 15.5. The van der Waals surface area contributed by atoms with Crippen LogP contribution in [-0.4, -0.2) is 68.9 Å². The molecule has 2 saturated heterocycles. The molecule has 0 spiro atoms. The van der Waals surface area contributed by atoms with Crippen LogP contribution >= 0.6 is 26.6 Å². The Labute approximate surface area is 572 Å². The van der Waals surface area contributed by atoms with Crippen molar-refractivity contribution in [3.8, 4) is 0 Å². The van der Waals surface area contributed by atoms with Crippen molar-refractivity contribution in [2.24, 2.45) is 0 Å². The molecule has 11 heteroatoms. The minimum atomic E-state index is -1.62. The average Bonchev–Trinajstić information content (AvgIpc) is 1.67. The molecule has 7 nitrogen and oxygen atoms in total. The molecule has 3 saturated carbocycles. The van der Waals surface area contributed by atoms with E-state index < -0.39 is 20.8 Å². The molecule has 0 bridgehead atoms. The number of benzene rings is 6. The topological polar surface area (TPSA) is 51.6 Å². The van der Waals surface area contributed by atoms with E-state index in [0.717, 1.165) is 48.7 Å². The minimum absolute atomic E-state index is 0.265. The van der Waals surface area contributed by atoms with Crippen molar-refractivity contribution < 1.29 is 13.5 Å². The van der Waals surface area contributed by atoms with E-state index in [0.29, 0.717) is 0 Å². The Hall–Kier alpha value is -6.79. The van der Waals surface area contributed by atoms with E-state index in [9.17, 15) is 0 Å². The first-order chi connectivity index (χ1) is 45.7. The Kier molecular flexibility index (Phi) is 29.2. The zero-order valence-electron chi connectivity index (χ0n) is 55.3. The van der Waals surface area contributed by atoms with Crippen LogP contribution in [0.3, 0.4) is 0 Å². The van der Waals surface area contributed by atoms with E-state index in [2.05, 4.69) is 202 Å². The van der Waals surface area contributed by atoms with E-state index in [1.807, 2.05) is 94.9 Å². The zero-order valence-corrected chi connectivity index (χ0v) is 59.5. The van der Waals surface area contributed by atoms with Crippen LogP contribution in [0.15, 0.2) is 255 Å². The summed E-state index contributed by atoms with van der Waals surface area (Å²) in [6.07, 6.45) is 35.4. The van der Waals surface area contributed by atoms with E-state index in [4.69, 9.17) is 19.4 Å². The van der Waals surface area contributed by atoms with Crippen molar-refractivity contribution in [1.82, 2.24) is 15.0 Å². The Morgan fingerprint density at radius 1 is 0.376 bits per heavy atom. The molecule has 2 aliphatic heterocycles. The second kappa shape index (κ2) is 38.5. The van der Waals surface area contributed by atoms with Gasteiger partial charge in [-0.25, -0.2) is 0 Å². The minimum Gasteiger partial charge on any atom is -0.265 e. The molecule has 14 rings (SSSR count). The third-order valence-corrected chi connectivity index (χ3v) is 27.1. The third kappa shape index (κ3) is 20.6. The van der Waals surface area contributed by atoms with Crippen LogP contribution in [0, 0.1) is 34.4 Å². The van der Waals surface area contributed by atoms with Crippen molar-refractivity contribution in [2.45, 2.75) is 147 Å². The van der Waals surface area contributed by atoms with E-state index >= 15 is 0 Å². The number of hydrogen-bond donors (Lipinski definition) is 0. The molecule has 0 radical (unpaired) electrons. The predicted molar refractivity (Wildman–Crippen MR) is 400 cm³/mol. The number of halogens is 2. The Bertz CT molecular complexity index is 3280. The molecule has 3 aromatic heterocycles. The molecule has 5 fully saturated rings. The largest absolute Gasteiger partial charge is 0.265 e. The molecule has 9 aromatic rings. The van der Waals surface area contributed by atoms with Gasteiger partial charge in [0.15, 0.2) is 6.17 Å². The normalized spacial score (nSPS) is 16.5. The van der Waals surface area contributed by atoms with Gasteiger partial charge in [-0.15, -0.1) is 0 Å². The Morgan fingerprint density at radius 3 is 0.978 bits per heavy atom. The molecule has 488 valence electrons. The molecular weight excluding hydrogens is 1290 g/mol. The SMILES string of the molecule is Cc1ccccc1N1CCN(c2ccccc2C)C1/C(=C/c1ccccc1)[P+](C1CCCCC1)(C1CCCCC1)C1CCCCC1.Cc1ccccc1N1[CH-]N(c2ccccc2C)CC1.[Cl][Ru]([Cl])=[CH]c1ccccc1.c1ccncc1.c1ccncc1.c1ccncc1. The van der Waals surface area contributed by atoms with Gasteiger partial charge < -0.3 is 19.6 Å². The third-order valence-electron chi connectivity index (χ3n) is 18.8. The summed E-state index contributed by atoms with van der Waals surface area (Å²) in [5.74, 6) is 0. The number of pyridine rings is 3. The fourth-order valence-electron chi connectivity index (χ4n) is 14.6. The van der Waals surface area contributed by atoms with E-state index in [1.54, 1.807) is 37.2 Å². The van der Waals surface area contributed by atoms with Gasteiger partial charge in [-0.3, -0.25) is 15.0 Å². The van der Waals surface area contributed by atoms with Gasteiger partial charge in [0.2, 0.25) is 0 Å². The summed E-state index contributed by atoms with van der Waals surface area (Å²) >= 11 is -1.61. The molecule has 93 heavy (non-hydrogen) atoms. The smallest absolute Gasteiger partial charge is 0.0267 e. The number of para-hydroxylation sites is 4. The van der Waals surface area contributed by atoms with Crippen molar-refractivity contribution in [2.75, 3.05) is 45.8 Å². The van der Waals surface area contributed by atoms with E-state index in [1.165, 1.54) is 147 Å². The average molecular weight is 1380 g/mol. The van der Waals surface area contributed by atoms with Gasteiger partial charge in [0.05, 0.1) is 24.2 Å². The standard InChI is InChI=1S/C43H58N2P.C17H19N2.C7H6.3C5H5N.2ClH.Ru/c1-34-19-15-17-29-40(34)44-31-32-45(41-30-18-16-20-35(41)2)43(44)42(33-36-21-7-3-8-22-36)46(37-23-9-4-10-24-37,38-25-11-5-12-26-38)39-27-13-6-14-28-39;1-14-7-3-5-9-16(14)18-11-12-19(13-18)17-10-6-4-8-15(17)2;1-7-5-3-2-4-6-7;3*1-2-4-6-5-3-1;;;/h3,7-8,15-22,29-30,33,37-39,43H,4-6,9-14,23-28,31-32H2,1-2H3;3-10,13H,11-12H2,1-2H3;1-6H;3*1-5H;2*1H;/q+1;-1;;;;;;;+2/p-2/b42-33-;;;;;;;;. The van der Waals surface area contributed by atoms with Gasteiger partial charge >= 0.3 is 73.4 Å². The van der Waals surface area contributed by atoms with Gasteiger partial charge in [0.25, 0.3) is 0 Å². The van der Waals surface area contributed by atoms with Gasteiger partial charge in [-0.2, -0.15) is 6.67 Å². The second-order valence-electron chi connectivity index (χ2n) is 24.9. The Morgan fingerprint density at radius 2 is 0.677 bits per heavy atom. The molecule has 0 amide bonds. The van der Waals surface area contributed by atoms with E-state index in [-0.39, 0.29) is 6.17 Å². The predicted octanol–water partition coefficient (Wildman–Crippen LogP) is 21.8. The van der Waals surface area contributed by atoms with Crippen LogP contribution < -0.4 is 19.6 Å². The number of nitrogens with zero attached hydrogens (tertiary/aromatic N) is 7. The van der Waals surface area contributed by atoms with Crippen LogP contribution in [0.2, 0.25) is 0 Å². The first-order valence-corrected chi connectivity index (χ1v) is 41.4. The molecular formula is C82H98Cl2N7PRu. The van der Waals surface area contributed by atoms with Gasteiger partial charge in [-0.1, -0.05) is 141 Å². The summed E-state index contributed by atoms with van der Waals surface area (Å²) in [4.78, 5) is 21.8. The first kappa shape index (κ1) is 70.5. The quantitative estimate of drug-likeness (QED) is 0.0726. The van der Waals surface area contributed by atoms with Crippen molar-refractivity contribution in [3.05, 3.63) is 295 Å². The fraction of sp³-hybridized carbons (Fsp3) is 0.329. The Balaban J connectivity index is 0.000000173. The second-order valence-corrected chi connectivity index (χ2v) is 35.0. The zero-order chi connectivity index (χ0) is 64.7. The molecule has 6 aromatic carbocycles. The van der Waals surface area contributed by atoms with Crippen molar-refractivity contribution in [3.63, 3.8) is 0 Å². The summed E-state index contributed by atoms with van der Waals surface area (Å²) in [7, 11) is 9.72.